The number of hydrogen-bond acceptors (Lipinski definition) is 5. The molecule has 3 amide bonds. The molecule has 1 aromatic rings. The Bertz CT molecular complexity index is 663. The van der Waals surface area contributed by atoms with E-state index in [-0.39, 0.29) is 58.2 Å². The van der Waals surface area contributed by atoms with Gasteiger partial charge in [-0.3, -0.25) is 14.9 Å². The summed E-state index contributed by atoms with van der Waals surface area (Å²) >= 11 is 4.39. The fraction of sp³-hybridized carbons (Fsp3) is 0.350. The molecule has 1 unspecified atom stereocenters. The van der Waals surface area contributed by atoms with Crippen molar-refractivity contribution in [3.8, 4) is 0 Å². The summed E-state index contributed by atoms with van der Waals surface area (Å²) in [6, 6.07) is 6.73. The van der Waals surface area contributed by atoms with Gasteiger partial charge in [0.15, 0.2) is 0 Å². The number of imide groups is 1. The minimum Gasteiger partial charge on any atom is -0.322 e. The Balaban J connectivity index is 0. The number of nitrogens with zero attached hydrogens (tertiary/aromatic N) is 3. The number of unbranched alkanes of at least 4 members (excludes halogenated alkanes) is 1. The molecule has 0 saturated carbocycles. The molecule has 0 saturated heterocycles. The summed E-state index contributed by atoms with van der Waals surface area (Å²) in [5.74, 6) is -0.536. The first-order valence-corrected chi connectivity index (χ1v) is 9.31. The van der Waals surface area contributed by atoms with E-state index in [2.05, 4.69) is 48.3 Å². The zero-order valence-corrected chi connectivity index (χ0v) is 23.1. The van der Waals surface area contributed by atoms with Crippen LogP contribution in [0.15, 0.2) is 40.5 Å². The molecule has 1 N–H and O–H groups in total. The Morgan fingerprint density at radius 2 is 1.86 bits per heavy atom. The van der Waals surface area contributed by atoms with Crippen molar-refractivity contribution in [3.05, 3.63) is 48.5 Å². The van der Waals surface area contributed by atoms with Crippen molar-refractivity contribution in [2.24, 2.45) is 9.98 Å². The predicted molar refractivity (Wildman–Crippen MR) is 117 cm³/mol. The molecule has 0 bridgehead atoms. The van der Waals surface area contributed by atoms with Gasteiger partial charge in [-0.25, -0.2) is 4.79 Å². The molecule has 0 spiro atoms. The summed E-state index contributed by atoms with van der Waals surface area (Å²) < 4.78 is 0. The number of aliphatic imine (C=N–C) groups is 2. The molecule has 8 heteroatoms. The third-order valence-electron chi connectivity index (χ3n) is 3.45. The van der Waals surface area contributed by atoms with Crippen molar-refractivity contribution >= 4 is 43.7 Å². The second kappa shape index (κ2) is 17.2. The Kier molecular flexibility index (Phi) is 18.0. The van der Waals surface area contributed by atoms with Gasteiger partial charge in [-0.2, -0.15) is 0 Å². The molecule has 1 aromatic carbocycles. The molecule has 1 atom stereocenters. The van der Waals surface area contributed by atoms with Crippen LogP contribution in [-0.4, -0.2) is 36.8 Å². The van der Waals surface area contributed by atoms with Crippen LogP contribution in [0.1, 0.15) is 50.1 Å². The van der Waals surface area contributed by atoms with Gasteiger partial charge in [-0.15, -0.1) is 12.6 Å². The van der Waals surface area contributed by atoms with Crippen molar-refractivity contribution in [1.82, 2.24) is 10.2 Å². The number of carbonyl (C=O) groups is 2. The van der Waals surface area contributed by atoms with Gasteiger partial charge in [0.25, 0.3) is 0 Å². The molecule has 148 valence electrons. The van der Waals surface area contributed by atoms with E-state index in [1.54, 1.807) is 12.1 Å². The van der Waals surface area contributed by atoms with Gasteiger partial charge < -0.3 is 17.0 Å². The summed E-state index contributed by atoms with van der Waals surface area (Å²) in [6.45, 7) is 16.5. The molecule has 0 aliphatic carbocycles. The largest absolute Gasteiger partial charge is 1.00 e. The molecular formula is C20H29N4O2RbS. The zero-order chi connectivity index (χ0) is 20.8. The van der Waals surface area contributed by atoms with Crippen LogP contribution in [0.5, 0.6) is 0 Å². The Hall–Kier alpha value is -0.735. The van der Waals surface area contributed by atoms with Gasteiger partial charge in [0.05, 0.1) is 23.2 Å². The number of carbonyl (C=O) groups excluding carboxylic acids is 2. The Morgan fingerprint density at radius 1 is 1.29 bits per heavy atom. The van der Waals surface area contributed by atoms with Crippen LogP contribution in [0.3, 0.4) is 0 Å². The summed E-state index contributed by atoms with van der Waals surface area (Å²) in [5, 5.41) is 2.12. The average molecular weight is 475 g/mol. The fourth-order valence-electron chi connectivity index (χ4n) is 2.06. The van der Waals surface area contributed by atoms with Crippen molar-refractivity contribution in [3.63, 3.8) is 0 Å². The van der Waals surface area contributed by atoms with Gasteiger partial charge in [0.2, 0.25) is 0 Å². The summed E-state index contributed by atoms with van der Waals surface area (Å²) in [7, 11) is 0. The molecule has 0 aliphatic heterocycles. The van der Waals surface area contributed by atoms with Crippen molar-refractivity contribution in [1.29, 1.82) is 0 Å². The van der Waals surface area contributed by atoms with Crippen LogP contribution < -0.4 is 63.5 Å². The SMILES string of the molecule is C=N/C=C(\N=C)c1ccc(C(S)NC(=O)N(CCCC)C([CH2-])=O)cc1.CC.[Rb+]. The smallest absolute Gasteiger partial charge is 0.322 e. The fourth-order valence-corrected chi connectivity index (χ4v) is 2.35. The van der Waals surface area contributed by atoms with E-state index in [1.165, 1.54) is 6.20 Å². The van der Waals surface area contributed by atoms with Gasteiger partial charge in [-0.05, 0) is 25.4 Å². The maximum Gasteiger partial charge on any atom is 1.00 e. The van der Waals surface area contributed by atoms with Gasteiger partial charge >= 0.3 is 64.2 Å². The molecule has 0 radical (unpaired) electrons. The number of rotatable bonds is 8. The third-order valence-corrected chi connectivity index (χ3v) is 3.88. The standard InChI is InChI=1S/C18H23N4O2S.C2H6.Rb/c1-5-6-11-22(13(2)23)18(24)21-17(25)15-9-7-14(8-10-15)16(20-4)12-19-3;1-2;/h7-10,12,17,25H,2-6,11H2,1H3,(H,21,24);1-2H3;/q-1;;+1/b16-12-;;. The molecule has 0 heterocycles. The predicted octanol–water partition coefficient (Wildman–Crippen LogP) is 1.52. The van der Waals surface area contributed by atoms with Gasteiger partial charge in [-0.1, -0.05) is 51.5 Å². The van der Waals surface area contributed by atoms with E-state index in [0.29, 0.717) is 12.2 Å². The minimum absolute atomic E-state index is 0. The van der Waals surface area contributed by atoms with E-state index >= 15 is 0 Å². The first-order valence-electron chi connectivity index (χ1n) is 8.79. The summed E-state index contributed by atoms with van der Waals surface area (Å²) in [6.07, 6.45) is 3.10. The molecule has 1 rings (SSSR count). The molecular weight excluding hydrogens is 446 g/mol. The first-order chi connectivity index (χ1) is 12.9. The van der Waals surface area contributed by atoms with Crippen molar-refractivity contribution in [2.75, 3.05) is 6.54 Å². The maximum absolute atomic E-state index is 12.2. The second-order valence-electron chi connectivity index (χ2n) is 5.23. The monoisotopic (exact) mass is 474 g/mol. The van der Waals surface area contributed by atoms with Crippen LogP contribution in [0.4, 0.5) is 4.79 Å². The Labute approximate surface area is 223 Å². The van der Waals surface area contributed by atoms with E-state index in [4.69, 9.17) is 0 Å². The second-order valence-corrected chi connectivity index (χ2v) is 5.74. The topological polar surface area (TPSA) is 74.1 Å². The third kappa shape index (κ3) is 10.2. The van der Waals surface area contributed by atoms with Crippen LogP contribution >= 0.6 is 12.6 Å². The summed E-state index contributed by atoms with van der Waals surface area (Å²) in [4.78, 5) is 32.4. The normalized spacial score (nSPS) is 11.1. The molecule has 0 aromatic heterocycles. The zero-order valence-electron chi connectivity index (χ0n) is 17.3. The van der Waals surface area contributed by atoms with E-state index in [0.717, 1.165) is 28.9 Å². The van der Waals surface area contributed by atoms with Gasteiger partial charge in [0.1, 0.15) is 0 Å². The number of hydrogen-bond donors (Lipinski definition) is 2. The van der Waals surface area contributed by atoms with Crippen LogP contribution in [-0.2, 0) is 4.79 Å². The molecule has 0 aliphatic rings. The maximum atomic E-state index is 12.2. The van der Waals surface area contributed by atoms with E-state index in [1.807, 2.05) is 32.9 Å². The molecule has 0 fully saturated rings. The molecule has 6 nitrogen and oxygen atoms in total. The van der Waals surface area contributed by atoms with E-state index in [9.17, 15) is 9.59 Å². The van der Waals surface area contributed by atoms with E-state index < -0.39 is 17.3 Å². The number of amides is 3. The number of thiol groups is 1. The number of benzene rings is 1. The number of urea groups is 1. The van der Waals surface area contributed by atoms with Crippen LogP contribution in [0.25, 0.3) is 5.70 Å². The van der Waals surface area contributed by atoms with Crippen LogP contribution in [0, 0.1) is 6.92 Å². The van der Waals surface area contributed by atoms with Crippen molar-refractivity contribution in [2.45, 2.75) is 39.0 Å². The van der Waals surface area contributed by atoms with Crippen molar-refractivity contribution < 1.29 is 67.8 Å². The average Bonchev–Trinajstić information content (AvgIpc) is 2.67. The van der Waals surface area contributed by atoms with Gasteiger partial charge in [0, 0.05) is 12.1 Å². The first kappa shape index (κ1) is 29.5. The molecule has 28 heavy (non-hydrogen) atoms. The summed E-state index contributed by atoms with van der Waals surface area (Å²) in [5.41, 5.74) is 2.17. The Morgan fingerprint density at radius 3 is 2.29 bits per heavy atom. The minimum atomic E-state index is -0.563. The van der Waals surface area contributed by atoms with Crippen LogP contribution in [0.2, 0.25) is 0 Å². The number of nitrogens with one attached hydrogen (secondary N) is 1. The quantitative estimate of drug-likeness (QED) is 0.259.